The standard InChI is InChI=1S/C16H24N2O2/c1-2-18-14(19)6-13(15(18)20)17-16-7-10-3-11(8-16)5-12(4-10)9-16/h10-13,17H,2-9H2,1H3/t10?,11?,12?,13-,16?/m1/s1. The number of hydrogen-bond donors (Lipinski definition) is 1. The quantitative estimate of drug-likeness (QED) is 0.798. The van der Waals surface area contributed by atoms with Gasteiger partial charge in [0.25, 0.3) is 0 Å². The molecular weight excluding hydrogens is 252 g/mol. The van der Waals surface area contributed by atoms with Crippen molar-refractivity contribution in [1.29, 1.82) is 0 Å². The molecule has 20 heavy (non-hydrogen) atoms. The van der Waals surface area contributed by atoms with Gasteiger partial charge in [0.05, 0.1) is 12.5 Å². The molecule has 0 aromatic heterocycles. The molecule has 0 radical (unpaired) electrons. The van der Waals surface area contributed by atoms with Gasteiger partial charge in [0.1, 0.15) is 0 Å². The number of nitrogens with one attached hydrogen (secondary N) is 1. The van der Waals surface area contributed by atoms with Crippen LogP contribution in [-0.4, -0.2) is 34.8 Å². The summed E-state index contributed by atoms with van der Waals surface area (Å²) in [5.74, 6) is 2.60. The maximum absolute atomic E-state index is 12.3. The van der Waals surface area contributed by atoms with Gasteiger partial charge in [-0.15, -0.1) is 0 Å². The Balaban J connectivity index is 1.52. The number of likely N-dealkylation sites (tertiary alicyclic amines) is 1. The number of rotatable bonds is 3. The molecule has 2 amide bonds. The molecule has 4 heteroatoms. The van der Waals surface area contributed by atoms with Crippen LogP contribution in [0.4, 0.5) is 0 Å². The Labute approximate surface area is 120 Å². The Bertz CT molecular complexity index is 424. The van der Waals surface area contributed by atoms with Crippen LogP contribution in [0.2, 0.25) is 0 Å². The van der Waals surface area contributed by atoms with Crippen LogP contribution in [0.1, 0.15) is 51.9 Å². The number of likely N-dealkylation sites (N-methyl/N-ethyl adjacent to an activating group) is 1. The Morgan fingerprint density at radius 3 is 2.10 bits per heavy atom. The molecular formula is C16H24N2O2. The SMILES string of the molecule is CCN1C(=O)C[C@@H](NC23CC4CC(CC(C4)C2)C3)C1=O. The predicted molar refractivity (Wildman–Crippen MR) is 74.8 cm³/mol. The average molecular weight is 276 g/mol. The van der Waals surface area contributed by atoms with Gasteiger partial charge in [-0.2, -0.15) is 0 Å². The van der Waals surface area contributed by atoms with E-state index in [1.165, 1.54) is 43.4 Å². The summed E-state index contributed by atoms with van der Waals surface area (Å²) in [5.41, 5.74) is 0.166. The summed E-state index contributed by atoms with van der Waals surface area (Å²) in [5, 5.41) is 3.66. The first-order chi connectivity index (χ1) is 9.58. The zero-order valence-electron chi connectivity index (χ0n) is 12.2. The highest BCUT2D eigenvalue weighted by Gasteiger charge is 2.53. The van der Waals surface area contributed by atoms with Gasteiger partial charge in [-0.3, -0.25) is 19.8 Å². The number of nitrogens with zero attached hydrogens (tertiary/aromatic N) is 1. The molecule has 4 bridgehead atoms. The first-order valence-corrected chi connectivity index (χ1v) is 8.20. The molecule has 4 aliphatic carbocycles. The van der Waals surface area contributed by atoms with E-state index in [2.05, 4.69) is 5.32 Å². The topological polar surface area (TPSA) is 49.4 Å². The van der Waals surface area contributed by atoms with Crippen LogP contribution in [-0.2, 0) is 9.59 Å². The molecule has 1 N–H and O–H groups in total. The van der Waals surface area contributed by atoms with Crippen LogP contribution < -0.4 is 5.32 Å². The summed E-state index contributed by atoms with van der Waals surface area (Å²) in [6.07, 6.45) is 8.25. The van der Waals surface area contributed by atoms with E-state index in [-0.39, 0.29) is 23.4 Å². The molecule has 1 heterocycles. The van der Waals surface area contributed by atoms with E-state index in [1.54, 1.807) is 0 Å². The van der Waals surface area contributed by atoms with Crippen molar-refractivity contribution in [2.24, 2.45) is 17.8 Å². The molecule has 1 saturated heterocycles. The second-order valence-electron chi connectivity index (χ2n) is 7.58. The number of amides is 2. The third-order valence-corrected chi connectivity index (χ3v) is 6.08. The minimum atomic E-state index is -0.251. The largest absolute Gasteiger partial charge is 0.300 e. The minimum Gasteiger partial charge on any atom is -0.300 e. The van der Waals surface area contributed by atoms with E-state index < -0.39 is 0 Å². The molecule has 5 rings (SSSR count). The van der Waals surface area contributed by atoms with Gasteiger partial charge < -0.3 is 0 Å². The van der Waals surface area contributed by atoms with Crippen molar-refractivity contribution in [2.45, 2.75) is 63.5 Å². The van der Waals surface area contributed by atoms with Crippen molar-refractivity contribution >= 4 is 11.8 Å². The van der Waals surface area contributed by atoms with Crippen molar-refractivity contribution < 1.29 is 9.59 Å². The first kappa shape index (κ1) is 12.8. The van der Waals surface area contributed by atoms with Gasteiger partial charge in [-0.25, -0.2) is 0 Å². The fourth-order valence-corrected chi connectivity index (χ4v) is 5.79. The Morgan fingerprint density at radius 2 is 1.65 bits per heavy atom. The second kappa shape index (κ2) is 4.30. The van der Waals surface area contributed by atoms with Gasteiger partial charge in [0.15, 0.2) is 0 Å². The Kier molecular flexibility index (Phi) is 2.75. The van der Waals surface area contributed by atoms with Crippen LogP contribution >= 0.6 is 0 Å². The van der Waals surface area contributed by atoms with E-state index in [1.807, 2.05) is 6.92 Å². The summed E-state index contributed by atoms with van der Waals surface area (Å²) in [4.78, 5) is 25.6. The van der Waals surface area contributed by atoms with Gasteiger partial charge in [-0.1, -0.05) is 0 Å². The highest BCUT2D eigenvalue weighted by atomic mass is 16.2. The van der Waals surface area contributed by atoms with E-state index in [0.717, 1.165) is 17.8 Å². The summed E-state index contributed by atoms with van der Waals surface area (Å²) in [6.45, 7) is 2.39. The molecule has 0 spiro atoms. The van der Waals surface area contributed by atoms with Crippen LogP contribution in [0.3, 0.4) is 0 Å². The molecule has 5 fully saturated rings. The lowest BCUT2D eigenvalue weighted by Crippen LogP contribution is -2.61. The number of carbonyl (C=O) groups is 2. The van der Waals surface area contributed by atoms with Gasteiger partial charge in [-0.05, 0) is 63.2 Å². The molecule has 0 aromatic carbocycles. The normalized spacial score (nSPS) is 46.5. The van der Waals surface area contributed by atoms with Crippen LogP contribution in [0.15, 0.2) is 0 Å². The van der Waals surface area contributed by atoms with E-state index in [4.69, 9.17) is 0 Å². The first-order valence-electron chi connectivity index (χ1n) is 8.20. The van der Waals surface area contributed by atoms with Gasteiger partial charge in [0.2, 0.25) is 11.8 Å². The van der Waals surface area contributed by atoms with E-state index in [0.29, 0.717) is 13.0 Å². The molecule has 1 atom stereocenters. The van der Waals surface area contributed by atoms with Crippen molar-refractivity contribution in [3.05, 3.63) is 0 Å². The summed E-state index contributed by atoms with van der Waals surface area (Å²) in [7, 11) is 0. The number of hydrogen-bond acceptors (Lipinski definition) is 3. The summed E-state index contributed by atoms with van der Waals surface area (Å²) >= 11 is 0. The average Bonchev–Trinajstić information content (AvgIpc) is 2.61. The summed E-state index contributed by atoms with van der Waals surface area (Å²) < 4.78 is 0. The monoisotopic (exact) mass is 276 g/mol. The van der Waals surface area contributed by atoms with Crippen LogP contribution in [0, 0.1) is 17.8 Å². The van der Waals surface area contributed by atoms with Crippen molar-refractivity contribution in [1.82, 2.24) is 10.2 Å². The molecule has 4 nitrogen and oxygen atoms in total. The number of carbonyl (C=O) groups excluding carboxylic acids is 2. The summed E-state index contributed by atoms with van der Waals surface area (Å²) in [6, 6.07) is -0.251. The molecule has 0 unspecified atom stereocenters. The zero-order valence-corrected chi connectivity index (χ0v) is 12.2. The molecule has 1 aliphatic heterocycles. The molecule has 0 aromatic rings. The Morgan fingerprint density at radius 1 is 1.10 bits per heavy atom. The highest BCUT2D eigenvalue weighted by molar-refractivity contribution is 6.05. The highest BCUT2D eigenvalue weighted by Crippen LogP contribution is 2.55. The zero-order chi connectivity index (χ0) is 13.9. The minimum absolute atomic E-state index is 0.000252. The fraction of sp³-hybridized carbons (Fsp3) is 0.875. The van der Waals surface area contributed by atoms with Crippen molar-refractivity contribution in [3.63, 3.8) is 0 Å². The Hall–Kier alpha value is -0.900. The maximum atomic E-state index is 12.3. The third kappa shape index (κ3) is 1.84. The second-order valence-corrected chi connectivity index (χ2v) is 7.58. The lowest BCUT2D eigenvalue weighted by atomic mass is 9.53. The smallest absolute Gasteiger partial charge is 0.246 e. The van der Waals surface area contributed by atoms with Crippen molar-refractivity contribution in [2.75, 3.05) is 6.54 Å². The number of imide groups is 1. The lowest BCUT2D eigenvalue weighted by Gasteiger charge is -2.57. The maximum Gasteiger partial charge on any atom is 0.246 e. The van der Waals surface area contributed by atoms with Crippen molar-refractivity contribution in [3.8, 4) is 0 Å². The molecule has 5 aliphatic rings. The van der Waals surface area contributed by atoms with E-state index in [9.17, 15) is 9.59 Å². The van der Waals surface area contributed by atoms with Gasteiger partial charge in [0, 0.05) is 12.1 Å². The third-order valence-electron chi connectivity index (χ3n) is 6.08. The van der Waals surface area contributed by atoms with E-state index >= 15 is 0 Å². The lowest BCUT2D eigenvalue weighted by molar-refractivity contribution is -0.139. The van der Waals surface area contributed by atoms with Crippen LogP contribution in [0.25, 0.3) is 0 Å². The molecule has 4 saturated carbocycles. The molecule has 110 valence electrons. The van der Waals surface area contributed by atoms with Crippen LogP contribution in [0.5, 0.6) is 0 Å². The predicted octanol–water partition coefficient (Wildman–Crippen LogP) is 1.69. The van der Waals surface area contributed by atoms with Gasteiger partial charge >= 0.3 is 0 Å². The fourth-order valence-electron chi connectivity index (χ4n) is 5.79.